The molecule has 0 aliphatic carbocycles. The summed E-state index contributed by atoms with van der Waals surface area (Å²) >= 11 is 7.08. The molecule has 1 unspecified atom stereocenters. The van der Waals surface area contributed by atoms with Crippen molar-refractivity contribution in [2.45, 2.75) is 251 Å². The van der Waals surface area contributed by atoms with Gasteiger partial charge in [-0.25, -0.2) is 45.7 Å². The molecule has 0 radical (unpaired) electrons. The Morgan fingerprint density at radius 3 is 1.38 bits per heavy atom. The average molecular weight is 1790 g/mol. The molecule has 34 heteroatoms. The van der Waals surface area contributed by atoms with Gasteiger partial charge in [-0.2, -0.15) is 45.3 Å². The zero-order valence-corrected chi connectivity index (χ0v) is 77.9. The molecule has 5 aromatic carbocycles. The molecule has 126 heavy (non-hydrogen) atoms. The first-order valence-electron chi connectivity index (χ1n) is 39.9. The van der Waals surface area contributed by atoms with Crippen molar-refractivity contribution >= 4 is 34.5 Å². The van der Waals surface area contributed by atoms with Crippen molar-refractivity contribution in [1.29, 1.82) is 31.6 Å². The number of hydrogen-bond donors (Lipinski definition) is 0. The number of nitro benzene ring substituents is 2. The van der Waals surface area contributed by atoms with E-state index in [9.17, 15) is 55.4 Å². The molecule has 10 aromatic rings. The van der Waals surface area contributed by atoms with Gasteiger partial charge >= 0.3 is 23.4 Å². The molecule has 0 N–H and O–H groups in total. The topological polar surface area (TPSA) is 375 Å². The van der Waals surface area contributed by atoms with Crippen LogP contribution in [0.4, 0.5) is 46.5 Å². The molecule has 24 nitrogen and oxygen atoms in total. The number of non-ortho nitro benzene ring substituents is 1. The molecule has 6 heterocycles. The third-order valence-corrected chi connectivity index (χ3v) is 18.3. The largest absolute Gasteiger partial charge is 0.433 e. The highest BCUT2D eigenvalue weighted by atomic mass is 35.5. The van der Waals surface area contributed by atoms with Crippen LogP contribution in [0.2, 0.25) is 5.15 Å². The van der Waals surface area contributed by atoms with E-state index in [2.05, 4.69) is 98.8 Å². The summed E-state index contributed by atoms with van der Waals surface area (Å²) in [5, 5.41) is 84.0. The highest BCUT2D eigenvalue weighted by Crippen LogP contribution is 2.31. The van der Waals surface area contributed by atoms with Crippen molar-refractivity contribution in [3.05, 3.63) is 266 Å². The Hall–Kier alpha value is -12.4. The van der Waals surface area contributed by atoms with Crippen LogP contribution >= 0.6 is 23.1 Å². The van der Waals surface area contributed by atoms with Crippen molar-refractivity contribution in [2.75, 3.05) is 13.1 Å². The quantitative estimate of drug-likeness (QED) is 0.0323. The van der Waals surface area contributed by atoms with Gasteiger partial charge in [-0.3, -0.25) is 20.2 Å². The monoisotopic (exact) mass is 1790 g/mol. The van der Waals surface area contributed by atoms with Crippen molar-refractivity contribution in [3.8, 4) is 36.5 Å². The summed E-state index contributed by atoms with van der Waals surface area (Å²) < 4.78 is 123. The van der Waals surface area contributed by atoms with Crippen LogP contribution in [-0.4, -0.2) is 67.5 Å². The maximum atomic E-state index is 13.3. The Balaban J connectivity index is 0.000000694. The molecule has 1 aliphatic rings. The number of halogens is 9. The van der Waals surface area contributed by atoms with Crippen molar-refractivity contribution < 1.29 is 58.3 Å². The Kier molecular flexibility index (Phi) is 46.4. The first kappa shape index (κ1) is 112. The molecule has 5 aromatic heterocycles. The van der Waals surface area contributed by atoms with Gasteiger partial charge in [-0.05, 0) is 136 Å². The molecule has 11 rings (SSSR count). The molecular formula is C92H112ClF8N17O7S. The summed E-state index contributed by atoms with van der Waals surface area (Å²) in [7, 11) is 0. The van der Waals surface area contributed by atoms with Gasteiger partial charge in [0.1, 0.15) is 45.3 Å². The van der Waals surface area contributed by atoms with E-state index in [1.54, 1.807) is 70.3 Å². The molecule has 1 aliphatic heterocycles. The minimum absolute atomic E-state index is 0.0231. The lowest BCUT2D eigenvalue weighted by atomic mass is 9.94. The summed E-state index contributed by atoms with van der Waals surface area (Å²) in [6, 6.07) is 30.4. The van der Waals surface area contributed by atoms with E-state index in [4.69, 9.17) is 52.0 Å². The summed E-state index contributed by atoms with van der Waals surface area (Å²) in [4.78, 5) is 37.2. The number of pyridine rings is 1. The lowest BCUT2D eigenvalue weighted by Gasteiger charge is -2.12. The van der Waals surface area contributed by atoms with Crippen molar-refractivity contribution in [3.63, 3.8) is 0 Å². The number of oxazole rings is 1. The van der Waals surface area contributed by atoms with Crippen molar-refractivity contribution in [2.24, 2.45) is 11.8 Å². The molecular weight excluding hydrogens is 1670 g/mol. The Bertz CT molecular complexity index is 5200. The van der Waals surface area contributed by atoms with E-state index in [-0.39, 0.29) is 97.8 Å². The number of aromatic nitrogens is 8. The van der Waals surface area contributed by atoms with Crippen LogP contribution in [0.5, 0.6) is 0 Å². The number of hydrogen-bond acceptors (Lipinski definition) is 23. The fraction of sp³-hybridized carbons (Fsp3) is 0.457. The zero-order valence-electron chi connectivity index (χ0n) is 76.3. The summed E-state index contributed by atoms with van der Waals surface area (Å²) in [6.45, 7) is 54.4. The molecule has 0 spiro atoms. The van der Waals surface area contributed by atoms with E-state index in [0.717, 1.165) is 47.6 Å². The highest BCUT2D eigenvalue weighted by Gasteiger charge is 2.27. The van der Waals surface area contributed by atoms with Crippen LogP contribution in [0.1, 0.15) is 312 Å². The molecule has 1 saturated heterocycles. The first-order valence-corrected chi connectivity index (χ1v) is 41.0. The third-order valence-electron chi connectivity index (χ3n) is 17.5. The zero-order chi connectivity index (χ0) is 96.8. The van der Waals surface area contributed by atoms with Crippen LogP contribution in [0.15, 0.2) is 117 Å². The van der Waals surface area contributed by atoms with E-state index >= 15 is 0 Å². The Labute approximate surface area is 742 Å². The number of aryl methyl sites for hydroxylation is 1. The predicted octanol–water partition coefficient (Wildman–Crippen LogP) is 25.5. The van der Waals surface area contributed by atoms with Crippen molar-refractivity contribution in [1.82, 2.24) is 44.6 Å². The fourth-order valence-electron chi connectivity index (χ4n) is 10.0. The third kappa shape index (κ3) is 38.4. The smallest absolute Gasteiger partial charge is 0.329 e. The molecule has 1 atom stereocenters. The van der Waals surface area contributed by atoms with Crippen LogP contribution in [0.3, 0.4) is 0 Å². The summed E-state index contributed by atoms with van der Waals surface area (Å²) in [6.07, 6.45) is 6.79. The predicted molar refractivity (Wildman–Crippen MR) is 467 cm³/mol. The van der Waals surface area contributed by atoms with Crippen LogP contribution in [-0.2, 0) is 21.7 Å². The normalized spacial score (nSPS) is 11.9. The van der Waals surface area contributed by atoms with E-state index in [0.29, 0.717) is 50.6 Å². The highest BCUT2D eigenvalue weighted by molar-refractivity contribution is 7.05. The number of benzene rings is 5. The Morgan fingerprint density at radius 1 is 0.508 bits per heavy atom. The minimum Gasteiger partial charge on any atom is -0.433 e. The second-order valence-electron chi connectivity index (χ2n) is 34.5. The van der Waals surface area contributed by atoms with Crippen LogP contribution < -0.4 is 0 Å². The number of nitriles is 6. The number of nitrogens with zero attached hydrogens (tertiary/aromatic N) is 17. The van der Waals surface area contributed by atoms with Gasteiger partial charge in [-0.15, -0.1) is 5.10 Å². The number of likely N-dealkylation sites (tertiary alicyclic amines) is 1. The lowest BCUT2D eigenvalue weighted by Crippen LogP contribution is -2.15. The average Bonchev–Trinajstić information content (AvgIpc) is 1.44. The SMILES string of the molecule is CC(C)(C)c1cnc(C#N)o1.CC(C)(C)c1nnc(C#N)o1.CC(C)(C)c1noc(C#N)n1.CC(C)C1CCN(C#N)C1.CC(C)c1c(F)c(F)cc(F)c1F.CC(C)c1cc(C#N)ccc1F.CC(C)c1cc([N+](=O)[O-])ccc1F.CC(C)c1ccc(Cl)nc1.CC(C)c1cccc(C#N)c1F.CC(C)c1cccc([N+](=O)[O-])c1F.Cc1nc(C(C)(C)C)ns1. The first-order chi connectivity index (χ1) is 58.4. The lowest BCUT2D eigenvalue weighted by molar-refractivity contribution is -0.387. The maximum Gasteiger partial charge on any atom is 0.329 e. The van der Waals surface area contributed by atoms with Gasteiger partial charge in [-0.1, -0.05) is 232 Å². The fourth-order valence-corrected chi connectivity index (χ4v) is 10.8. The molecule has 0 bridgehead atoms. The van der Waals surface area contributed by atoms with Gasteiger partial charge in [0.25, 0.3) is 5.69 Å². The van der Waals surface area contributed by atoms with Gasteiger partial charge < -0.3 is 18.3 Å². The van der Waals surface area contributed by atoms with E-state index in [1.807, 2.05) is 138 Å². The summed E-state index contributed by atoms with van der Waals surface area (Å²) in [5.41, 5.74) is 2.49. The number of nitro groups is 2. The minimum atomic E-state index is -1.36. The standard InChI is InChI=1S/2C10H10FN.C9H8F4.2C9H10FNO2.C8H10ClN.C8H10N2O.C8H14N2.2C7H9N3O.C7H12N2S/c1-7(2)9-5-8(6-12)3-4-10(9)11;1-7(2)9-5-3-4-8(6-12)10(9)11;1-4(2)7-8(12)5(10)3-6(11)9(7)13;1-6(2)8-5-7(11(12)13)3-4-9(8)10;1-6(2)7-4-3-5-8(9(7)10)11(12)13;1-6(2)7-3-4-8(9)10-5-7;1-8(2,3)6-5-10-7(4-9)11-6;1-7(2)8-3-4-10(5-8)6-9;1-7(2,3)6-10-9-5(4-8)11-6;1-7(2,3)6-9-5(4-8)11-10-6;1-5-8-6(9-10-5)7(2,3)4/h2*3-5,7H,1-2H3;3-4H,1-2H3;2*3-6H,1-2H3;3-6H,1-2H3;5H,1-3H3;7-8H,3-5H2,1-2H3;2*1-3H3;1-4H3. The molecule has 0 saturated carbocycles. The molecule has 0 amide bonds. The number of rotatable bonds is 9. The maximum absolute atomic E-state index is 13.3. The van der Waals surface area contributed by atoms with E-state index in [1.165, 1.54) is 79.8 Å². The van der Waals surface area contributed by atoms with E-state index < -0.39 is 56.1 Å². The van der Waals surface area contributed by atoms with Gasteiger partial charge in [0.05, 0.1) is 33.2 Å². The van der Waals surface area contributed by atoms with Crippen LogP contribution in [0, 0.1) is 154 Å². The van der Waals surface area contributed by atoms with Crippen LogP contribution in [0.25, 0.3) is 0 Å². The second-order valence-corrected chi connectivity index (χ2v) is 35.8. The molecule has 1 fully saturated rings. The molecule has 676 valence electrons. The van der Waals surface area contributed by atoms with Gasteiger partial charge in [0, 0.05) is 70.8 Å². The van der Waals surface area contributed by atoms with Gasteiger partial charge in [0.15, 0.2) is 53.5 Å². The Morgan fingerprint density at radius 2 is 1.03 bits per heavy atom. The summed E-state index contributed by atoms with van der Waals surface area (Å²) in [5.74, 6) is -2.54. The second kappa shape index (κ2) is 52.4. The van der Waals surface area contributed by atoms with Gasteiger partial charge in [0.2, 0.25) is 11.7 Å².